The van der Waals surface area contributed by atoms with Crippen molar-refractivity contribution in [2.24, 2.45) is 0 Å². The summed E-state index contributed by atoms with van der Waals surface area (Å²) < 4.78 is 27.6. The average molecular weight is 346 g/mol. The lowest BCUT2D eigenvalue weighted by molar-refractivity contribution is 0.603. The van der Waals surface area contributed by atoms with Gasteiger partial charge in [0.1, 0.15) is 4.21 Å². The highest BCUT2D eigenvalue weighted by atomic mass is 32.2. The second kappa shape index (κ2) is 6.87. The van der Waals surface area contributed by atoms with Crippen LogP contribution in [0, 0.1) is 13.8 Å². The van der Waals surface area contributed by atoms with Crippen LogP contribution in [0.5, 0.6) is 0 Å². The summed E-state index contributed by atoms with van der Waals surface area (Å²) in [7, 11) is -3.54. The fourth-order valence-electron chi connectivity index (χ4n) is 1.74. The number of nitrogens with zero attached hydrogens (tertiary/aromatic N) is 1. The summed E-state index contributed by atoms with van der Waals surface area (Å²) in [6.45, 7) is 7.50. The van der Waals surface area contributed by atoms with Crippen LogP contribution in [-0.2, 0) is 16.6 Å². The molecule has 0 aromatic carbocycles. The predicted octanol–water partition coefficient (Wildman–Crippen LogP) is 3.12. The van der Waals surface area contributed by atoms with Crippen molar-refractivity contribution in [2.45, 2.75) is 37.9 Å². The van der Waals surface area contributed by atoms with Crippen molar-refractivity contribution in [3.05, 3.63) is 27.6 Å². The minimum absolute atomic E-state index is 0.334. The SMILES string of the molecule is CCCNCc1sc(S(=O)(=O)Nc2nc(C)cs2)cc1C. The molecule has 0 bridgehead atoms. The molecule has 5 nitrogen and oxygen atoms in total. The van der Waals surface area contributed by atoms with Gasteiger partial charge in [0.15, 0.2) is 5.13 Å². The highest BCUT2D eigenvalue weighted by Crippen LogP contribution is 2.28. The van der Waals surface area contributed by atoms with Gasteiger partial charge in [0.05, 0.1) is 5.69 Å². The molecule has 2 heterocycles. The van der Waals surface area contributed by atoms with E-state index < -0.39 is 10.0 Å². The minimum atomic E-state index is -3.54. The monoisotopic (exact) mass is 345 g/mol. The van der Waals surface area contributed by atoms with Gasteiger partial charge in [-0.05, 0) is 38.4 Å². The van der Waals surface area contributed by atoms with E-state index in [9.17, 15) is 8.42 Å². The summed E-state index contributed by atoms with van der Waals surface area (Å²) in [6.07, 6.45) is 1.06. The van der Waals surface area contributed by atoms with Crippen molar-refractivity contribution in [3.63, 3.8) is 0 Å². The lowest BCUT2D eigenvalue weighted by atomic mass is 10.3. The quantitative estimate of drug-likeness (QED) is 0.756. The first kappa shape index (κ1) is 16.4. The van der Waals surface area contributed by atoms with Crippen molar-refractivity contribution in [3.8, 4) is 0 Å². The average Bonchev–Trinajstić information content (AvgIpc) is 2.97. The molecule has 0 radical (unpaired) electrons. The van der Waals surface area contributed by atoms with Crippen molar-refractivity contribution in [1.82, 2.24) is 10.3 Å². The second-order valence-corrected chi connectivity index (χ2v) is 8.65. The van der Waals surface area contributed by atoms with Gasteiger partial charge in [-0.2, -0.15) is 0 Å². The van der Waals surface area contributed by atoms with Crippen molar-refractivity contribution >= 4 is 37.8 Å². The zero-order valence-electron chi connectivity index (χ0n) is 12.3. The molecular formula is C13H19N3O2S3. The van der Waals surface area contributed by atoms with Crippen LogP contribution in [0.3, 0.4) is 0 Å². The van der Waals surface area contributed by atoms with E-state index in [-0.39, 0.29) is 0 Å². The van der Waals surface area contributed by atoms with E-state index in [1.165, 1.54) is 22.7 Å². The van der Waals surface area contributed by atoms with E-state index in [1.54, 1.807) is 6.07 Å². The van der Waals surface area contributed by atoms with E-state index in [2.05, 4.69) is 21.9 Å². The van der Waals surface area contributed by atoms with E-state index in [4.69, 9.17) is 0 Å². The maximum atomic E-state index is 12.4. The molecule has 2 aromatic rings. The molecule has 2 rings (SSSR count). The van der Waals surface area contributed by atoms with Crippen molar-refractivity contribution in [2.75, 3.05) is 11.3 Å². The first-order valence-corrected chi connectivity index (χ1v) is 9.85. The number of anilines is 1. The molecule has 0 atom stereocenters. The summed E-state index contributed by atoms with van der Waals surface area (Å²) in [5.74, 6) is 0. The smallest absolute Gasteiger partial charge is 0.273 e. The van der Waals surface area contributed by atoms with Gasteiger partial charge >= 0.3 is 0 Å². The fourth-order valence-corrected chi connectivity index (χ4v) is 5.24. The molecular weight excluding hydrogens is 326 g/mol. The molecule has 0 aliphatic carbocycles. The number of thiophene rings is 1. The van der Waals surface area contributed by atoms with E-state index in [0.29, 0.717) is 15.9 Å². The van der Waals surface area contributed by atoms with E-state index in [1.807, 2.05) is 19.2 Å². The van der Waals surface area contributed by atoms with Crippen molar-refractivity contribution < 1.29 is 8.42 Å². The van der Waals surface area contributed by atoms with Gasteiger partial charge < -0.3 is 5.32 Å². The zero-order valence-corrected chi connectivity index (χ0v) is 14.7. The summed E-state index contributed by atoms with van der Waals surface area (Å²) in [6, 6.07) is 1.72. The van der Waals surface area contributed by atoms with Gasteiger partial charge in [0, 0.05) is 16.8 Å². The number of aryl methyl sites for hydroxylation is 2. The van der Waals surface area contributed by atoms with Crippen LogP contribution in [0.4, 0.5) is 5.13 Å². The fraction of sp³-hybridized carbons (Fsp3) is 0.462. The lowest BCUT2D eigenvalue weighted by Crippen LogP contribution is -2.13. The minimum Gasteiger partial charge on any atom is -0.312 e. The molecule has 0 saturated carbocycles. The van der Waals surface area contributed by atoms with Crippen molar-refractivity contribution in [1.29, 1.82) is 0 Å². The van der Waals surface area contributed by atoms with Crippen LogP contribution in [0.15, 0.2) is 15.7 Å². The highest BCUT2D eigenvalue weighted by Gasteiger charge is 2.20. The second-order valence-electron chi connectivity index (χ2n) is 4.75. The largest absolute Gasteiger partial charge is 0.312 e. The lowest BCUT2D eigenvalue weighted by Gasteiger charge is -2.02. The summed E-state index contributed by atoms with van der Waals surface area (Å²) >= 11 is 2.60. The first-order chi connectivity index (χ1) is 9.92. The Morgan fingerprint density at radius 3 is 2.71 bits per heavy atom. The van der Waals surface area contributed by atoms with Gasteiger partial charge in [-0.25, -0.2) is 13.4 Å². The van der Waals surface area contributed by atoms with Gasteiger partial charge in [-0.15, -0.1) is 22.7 Å². The predicted molar refractivity (Wildman–Crippen MR) is 88.7 cm³/mol. The Kier molecular flexibility index (Phi) is 5.37. The molecule has 0 unspecified atom stereocenters. The molecule has 0 aliphatic rings. The molecule has 0 amide bonds. The normalized spacial score (nSPS) is 11.8. The number of hydrogen-bond donors (Lipinski definition) is 2. The molecule has 21 heavy (non-hydrogen) atoms. The highest BCUT2D eigenvalue weighted by molar-refractivity contribution is 7.94. The third kappa shape index (κ3) is 4.26. The van der Waals surface area contributed by atoms with Gasteiger partial charge in [-0.1, -0.05) is 6.92 Å². The Labute approximate surface area is 133 Å². The Morgan fingerprint density at radius 2 is 2.10 bits per heavy atom. The van der Waals surface area contributed by atoms with Gasteiger partial charge in [0.2, 0.25) is 0 Å². The Morgan fingerprint density at radius 1 is 1.33 bits per heavy atom. The Hall–Kier alpha value is -0.960. The summed E-state index contributed by atoms with van der Waals surface area (Å²) in [5, 5.41) is 5.52. The Balaban J connectivity index is 2.14. The number of nitrogens with one attached hydrogen (secondary N) is 2. The molecule has 116 valence electrons. The molecule has 0 fully saturated rings. The number of thiazole rings is 1. The van der Waals surface area contributed by atoms with Crippen LogP contribution in [0.2, 0.25) is 0 Å². The van der Waals surface area contributed by atoms with Gasteiger partial charge in [-0.3, -0.25) is 4.72 Å². The molecule has 0 spiro atoms. The maximum Gasteiger partial charge on any atom is 0.273 e. The summed E-state index contributed by atoms with van der Waals surface area (Å²) in [5.41, 5.74) is 1.81. The van der Waals surface area contributed by atoms with E-state index in [0.717, 1.165) is 29.1 Å². The van der Waals surface area contributed by atoms with Crippen LogP contribution in [0.25, 0.3) is 0 Å². The Bertz CT molecular complexity index is 704. The van der Waals surface area contributed by atoms with E-state index >= 15 is 0 Å². The number of sulfonamides is 1. The standard InChI is InChI=1S/C13H19N3O2S3/c1-4-5-14-7-11-9(2)6-12(20-11)21(17,18)16-13-15-10(3)8-19-13/h6,8,14H,4-5,7H2,1-3H3,(H,15,16). The molecule has 2 aromatic heterocycles. The maximum absolute atomic E-state index is 12.4. The van der Waals surface area contributed by atoms with Crippen LogP contribution >= 0.6 is 22.7 Å². The van der Waals surface area contributed by atoms with Crippen LogP contribution in [0.1, 0.15) is 29.5 Å². The number of rotatable bonds is 7. The topological polar surface area (TPSA) is 71.1 Å². The molecule has 0 saturated heterocycles. The summed E-state index contributed by atoms with van der Waals surface area (Å²) in [4.78, 5) is 5.19. The van der Waals surface area contributed by atoms with Crippen LogP contribution in [-0.4, -0.2) is 19.9 Å². The molecule has 0 aliphatic heterocycles. The molecule has 2 N–H and O–H groups in total. The number of hydrogen-bond acceptors (Lipinski definition) is 6. The zero-order chi connectivity index (χ0) is 15.5. The van der Waals surface area contributed by atoms with Crippen LogP contribution < -0.4 is 10.0 Å². The molecule has 8 heteroatoms. The third-order valence-corrected chi connectivity index (χ3v) is 6.87. The van der Waals surface area contributed by atoms with Gasteiger partial charge in [0.25, 0.3) is 10.0 Å². The number of aromatic nitrogens is 1. The third-order valence-electron chi connectivity index (χ3n) is 2.82. The first-order valence-electron chi connectivity index (χ1n) is 6.67.